The number of halogens is 2. The van der Waals surface area contributed by atoms with Crippen molar-refractivity contribution < 1.29 is 9.53 Å². The summed E-state index contributed by atoms with van der Waals surface area (Å²) >= 11 is 11.9. The smallest absolute Gasteiger partial charge is 0.243 e. The van der Waals surface area contributed by atoms with Crippen LogP contribution in [-0.4, -0.2) is 19.1 Å². The molecule has 0 aliphatic heterocycles. The van der Waals surface area contributed by atoms with E-state index in [0.717, 1.165) is 24.3 Å². The topological polar surface area (TPSA) is 50.4 Å². The van der Waals surface area contributed by atoms with E-state index in [1.54, 1.807) is 18.2 Å². The van der Waals surface area contributed by atoms with Crippen LogP contribution in [0.15, 0.2) is 72.8 Å². The fourth-order valence-corrected chi connectivity index (χ4v) is 3.09. The highest BCUT2D eigenvalue weighted by Crippen LogP contribution is 2.26. The molecule has 1 amide bonds. The summed E-state index contributed by atoms with van der Waals surface area (Å²) in [5, 5.41) is 6.75. The highest BCUT2D eigenvalue weighted by Gasteiger charge is 2.07. The molecule has 6 heteroatoms. The minimum absolute atomic E-state index is 0.102. The number of rotatable bonds is 9. The van der Waals surface area contributed by atoms with Crippen molar-refractivity contribution in [3.63, 3.8) is 0 Å². The number of carbonyl (C=O) groups is 1. The van der Waals surface area contributed by atoms with Crippen molar-refractivity contribution >= 4 is 40.5 Å². The van der Waals surface area contributed by atoms with Crippen LogP contribution in [0.3, 0.4) is 0 Å². The summed E-state index contributed by atoms with van der Waals surface area (Å²) < 4.78 is 5.91. The van der Waals surface area contributed by atoms with Crippen LogP contribution < -0.4 is 15.4 Å². The molecule has 0 aromatic heterocycles. The van der Waals surface area contributed by atoms with Crippen molar-refractivity contribution in [1.82, 2.24) is 0 Å². The molecule has 3 rings (SSSR count). The van der Waals surface area contributed by atoms with Gasteiger partial charge in [0.05, 0.1) is 28.9 Å². The number of hydrogen-bond donors (Lipinski definition) is 2. The minimum Gasteiger partial charge on any atom is -0.491 e. The molecule has 0 atom stereocenters. The Morgan fingerprint density at radius 1 is 0.897 bits per heavy atom. The average molecular weight is 429 g/mol. The molecule has 0 aliphatic carbocycles. The van der Waals surface area contributed by atoms with Gasteiger partial charge in [-0.25, -0.2) is 0 Å². The van der Waals surface area contributed by atoms with E-state index >= 15 is 0 Å². The third-order valence-electron chi connectivity index (χ3n) is 4.24. The lowest BCUT2D eigenvalue weighted by Crippen LogP contribution is -2.22. The Morgan fingerprint density at radius 3 is 2.45 bits per heavy atom. The molecular weight excluding hydrogens is 407 g/mol. The number of amides is 1. The maximum absolute atomic E-state index is 12.2. The summed E-state index contributed by atoms with van der Waals surface area (Å²) in [5.41, 5.74) is 2.66. The van der Waals surface area contributed by atoms with E-state index in [-0.39, 0.29) is 12.5 Å². The first-order valence-electron chi connectivity index (χ1n) is 9.36. The van der Waals surface area contributed by atoms with E-state index in [2.05, 4.69) is 22.8 Å². The van der Waals surface area contributed by atoms with Crippen molar-refractivity contribution in [2.24, 2.45) is 0 Å². The zero-order valence-electron chi connectivity index (χ0n) is 15.8. The first-order chi connectivity index (χ1) is 14.1. The highest BCUT2D eigenvalue weighted by atomic mass is 35.5. The summed E-state index contributed by atoms with van der Waals surface area (Å²) in [6.07, 6.45) is 1.87. The van der Waals surface area contributed by atoms with Crippen LogP contribution in [0.5, 0.6) is 5.75 Å². The fraction of sp³-hybridized carbons (Fsp3) is 0.174. The zero-order valence-corrected chi connectivity index (χ0v) is 17.3. The van der Waals surface area contributed by atoms with Gasteiger partial charge in [0.15, 0.2) is 0 Å². The maximum Gasteiger partial charge on any atom is 0.243 e. The van der Waals surface area contributed by atoms with E-state index < -0.39 is 0 Å². The number of ether oxygens (including phenoxy) is 1. The standard InChI is InChI=1S/C23H22Cl2N2O2/c24-19-13-12-18(15-20(19)25)27-23(28)16-26-21-10-4-5-11-22(21)29-14-6-9-17-7-2-1-3-8-17/h1-5,7-8,10-13,15,26H,6,9,14,16H2,(H,27,28). The number of benzene rings is 3. The molecule has 0 aliphatic rings. The molecule has 150 valence electrons. The molecule has 0 saturated heterocycles. The Hall–Kier alpha value is -2.69. The first-order valence-corrected chi connectivity index (χ1v) is 10.1. The van der Waals surface area contributed by atoms with Crippen LogP contribution >= 0.6 is 23.2 Å². The van der Waals surface area contributed by atoms with E-state index in [0.29, 0.717) is 22.3 Å². The molecular formula is C23H22Cl2N2O2. The Labute approximate surface area is 180 Å². The van der Waals surface area contributed by atoms with E-state index in [4.69, 9.17) is 27.9 Å². The summed E-state index contributed by atoms with van der Waals surface area (Å²) in [7, 11) is 0. The van der Waals surface area contributed by atoms with E-state index in [1.165, 1.54) is 5.56 Å². The van der Waals surface area contributed by atoms with Gasteiger partial charge in [-0.3, -0.25) is 4.79 Å². The summed E-state index contributed by atoms with van der Waals surface area (Å²) in [6.45, 7) is 0.702. The third kappa shape index (κ3) is 6.70. The van der Waals surface area contributed by atoms with Crippen LogP contribution in [0.2, 0.25) is 10.0 Å². The number of carbonyl (C=O) groups excluding carboxylic acids is 1. The normalized spacial score (nSPS) is 10.4. The van der Waals surface area contributed by atoms with Gasteiger partial charge in [0.1, 0.15) is 5.75 Å². The molecule has 0 heterocycles. The number of anilines is 2. The SMILES string of the molecule is O=C(CNc1ccccc1OCCCc1ccccc1)Nc1ccc(Cl)c(Cl)c1. The molecule has 4 nitrogen and oxygen atoms in total. The van der Waals surface area contributed by atoms with E-state index in [9.17, 15) is 4.79 Å². The molecule has 0 bridgehead atoms. The number of aryl methyl sites for hydroxylation is 1. The Bertz CT molecular complexity index is 949. The maximum atomic E-state index is 12.2. The van der Waals surface area contributed by atoms with Crippen molar-refractivity contribution in [3.05, 3.63) is 88.4 Å². The second-order valence-electron chi connectivity index (χ2n) is 6.46. The van der Waals surface area contributed by atoms with Crippen LogP contribution in [-0.2, 0) is 11.2 Å². The van der Waals surface area contributed by atoms with Gasteiger partial charge >= 0.3 is 0 Å². The monoisotopic (exact) mass is 428 g/mol. The average Bonchev–Trinajstić information content (AvgIpc) is 2.74. The summed E-state index contributed by atoms with van der Waals surface area (Å²) in [6, 6.07) is 22.9. The largest absolute Gasteiger partial charge is 0.491 e. The lowest BCUT2D eigenvalue weighted by atomic mass is 10.1. The molecule has 2 N–H and O–H groups in total. The summed E-state index contributed by atoms with van der Waals surface area (Å²) in [4.78, 5) is 12.2. The van der Waals surface area contributed by atoms with Crippen molar-refractivity contribution in [2.75, 3.05) is 23.8 Å². The van der Waals surface area contributed by atoms with Gasteiger partial charge in [-0.1, -0.05) is 65.7 Å². The third-order valence-corrected chi connectivity index (χ3v) is 4.98. The van der Waals surface area contributed by atoms with Crippen LogP contribution in [0.4, 0.5) is 11.4 Å². The summed E-state index contributed by atoms with van der Waals surface area (Å²) in [5.74, 6) is 0.533. The van der Waals surface area contributed by atoms with Gasteiger partial charge in [0, 0.05) is 5.69 Å². The van der Waals surface area contributed by atoms with Gasteiger partial charge in [0.2, 0.25) is 5.91 Å². The van der Waals surface area contributed by atoms with Crippen molar-refractivity contribution in [2.45, 2.75) is 12.8 Å². The van der Waals surface area contributed by atoms with Gasteiger partial charge in [-0.05, 0) is 48.7 Å². The Kier molecular flexibility index (Phi) is 7.79. The molecule has 29 heavy (non-hydrogen) atoms. The van der Waals surface area contributed by atoms with Gasteiger partial charge in [0.25, 0.3) is 0 Å². The van der Waals surface area contributed by atoms with Gasteiger partial charge in [-0.2, -0.15) is 0 Å². The second kappa shape index (κ2) is 10.7. The quantitative estimate of drug-likeness (QED) is 0.407. The fourth-order valence-electron chi connectivity index (χ4n) is 2.80. The van der Waals surface area contributed by atoms with Crippen LogP contribution in [0.25, 0.3) is 0 Å². The van der Waals surface area contributed by atoms with Crippen LogP contribution in [0, 0.1) is 0 Å². The van der Waals surface area contributed by atoms with Gasteiger partial charge in [-0.15, -0.1) is 0 Å². The minimum atomic E-state index is -0.192. The number of hydrogen-bond acceptors (Lipinski definition) is 3. The second-order valence-corrected chi connectivity index (χ2v) is 7.28. The number of para-hydroxylation sites is 2. The van der Waals surface area contributed by atoms with E-state index in [1.807, 2.05) is 42.5 Å². The predicted molar refractivity (Wildman–Crippen MR) is 120 cm³/mol. The molecule has 3 aromatic rings. The molecule has 0 radical (unpaired) electrons. The molecule has 0 fully saturated rings. The number of nitrogens with one attached hydrogen (secondary N) is 2. The molecule has 3 aromatic carbocycles. The first kappa shape index (κ1) is 21.0. The Morgan fingerprint density at radius 2 is 1.66 bits per heavy atom. The Balaban J connectivity index is 1.48. The zero-order chi connectivity index (χ0) is 20.5. The van der Waals surface area contributed by atoms with Crippen LogP contribution in [0.1, 0.15) is 12.0 Å². The molecule has 0 unspecified atom stereocenters. The highest BCUT2D eigenvalue weighted by molar-refractivity contribution is 6.42. The molecule has 0 saturated carbocycles. The van der Waals surface area contributed by atoms with Crippen molar-refractivity contribution in [1.29, 1.82) is 0 Å². The lowest BCUT2D eigenvalue weighted by Gasteiger charge is -2.13. The predicted octanol–water partition coefficient (Wildman–Crippen LogP) is 6.06. The molecule has 0 spiro atoms. The lowest BCUT2D eigenvalue weighted by molar-refractivity contribution is -0.114. The van der Waals surface area contributed by atoms with Gasteiger partial charge < -0.3 is 15.4 Å². The van der Waals surface area contributed by atoms with Crippen molar-refractivity contribution in [3.8, 4) is 5.75 Å².